The molecule has 0 radical (unpaired) electrons. The standard InChI is InChI=1S/C13H17N3O2/c14-9-2-1-3-10(6-9)15-13(17)16-7-11-4-5-12(8-16)18-11/h1-3,6,11-12H,4-5,7-8,14H2,(H,15,17). The molecule has 5 heteroatoms. The lowest BCUT2D eigenvalue weighted by Gasteiger charge is -2.32. The quantitative estimate of drug-likeness (QED) is 0.742. The van der Waals surface area contributed by atoms with E-state index >= 15 is 0 Å². The summed E-state index contributed by atoms with van der Waals surface area (Å²) in [6.45, 7) is 1.37. The number of nitrogens with two attached hydrogens (primary N) is 1. The van der Waals surface area contributed by atoms with Gasteiger partial charge in [-0.3, -0.25) is 0 Å². The van der Waals surface area contributed by atoms with Crippen molar-refractivity contribution in [1.82, 2.24) is 4.90 Å². The summed E-state index contributed by atoms with van der Waals surface area (Å²) >= 11 is 0. The number of benzene rings is 1. The van der Waals surface area contributed by atoms with Crippen molar-refractivity contribution in [3.63, 3.8) is 0 Å². The number of nitrogens with zero attached hydrogens (tertiary/aromatic N) is 1. The van der Waals surface area contributed by atoms with Crippen LogP contribution in [0.2, 0.25) is 0 Å². The van der Waals surface area contributed by atoms with Crippen molar-refractivity contribution in [2.45, 2.75) is 25.0 Å². The van der Waals surface area contributed by atoms with Crippen molar-refractivity contribution in [2.24, 2.45) is 0 Å². The molecule has 1 aromatic carbocycles. The summed E-state index contributed by atoms with van der Waals surface area (Å²) in [5.41, 5.74) is 7.07. The molecule has 2 aliphatic heterocycles. The molecule has 5 nitrogen and oxygen atoms in total. The molecule has 1 aromatic rings. The molecule has 2 bridgehead atoms. The van der Waals surface area contributed by atoms with E-state index in [-0.39, 0.29) is 18.2 Å². The molecule has 2 heterocycles. The maximum Gasteiger partial charge on any atom is 0.322 e. The van der Waals surface area contributed by atoms with E-state index in [1.165, 1.54) is 0 Å². The Morgan fingerprint density at radius 1 is 1.33 bits per heavy atom. The van der Waals surface area contributed by atoms with Gasteiger partial charge in [0.25, 0.3) is 0 Å². The van der Waals surface area contributed by atoms with Crippen molar-refractivity contribution < 1.29 is 9.53 Å². The highest BCUT2D eigenvalue weighted by atomic mass is 16.5. The Morgan fingerprint density at radius 3 is 2.72 bits per heavy atom. The Balaban J connectivity index is 1.65. The number of nitrogen functional groups attached to an aromatic ring is 1. The highest BCUT2D eigenvalue weighted by molar-refractivity contribution is 5.89. The fraction of sp³-hybridized carbons (Fsp3) is 0.462. The van der Waals surface area contributed by atoms with E-state index in [2.05, 4.69) is 5.32 Å². The normalized spacial score (nSPS) is 26.1. The van der Waals surface area contributed by atoms with E-state index in [0.717, 1.165) is 18.5 Å². The van der Waals surface area contributed by atoms with Crippen LogP contribution in [0.5, 0.6) is 0 Å². The number of hydrogen-bond donors (Lipinski definition) is 2. The van der Waals surface area contributed by atoms with E-state index < -0.39 is 0 Å². The van der Waals surface area contributed by atoms with E-state index in [4.69, 9.17) is 10.5 Å². The van der Waals surface area contributed by atoms with E-state index in [1.807, 2.05) is 17.0 Å². The van der Waals surface area contributed by atoms with Gasteiger partial charge in [0.2, 0.25) is 0 Å². The Hall–Kier alpha value is -1.75. The molecule has 0 saturated carbocycles. The predicted molar refractivity (Wildman–Crippen MR) is 69.3 cm³/mol. The molecule has 2 atom stereocenters. The molecule has 2 unspecified atom stereocenters. The van der Waals surface area contributed by atoms with Crippen LogP contribution in [-0.4, -0.2) is 36.2 Å². The Kier molecular flexibility index (Phi) is 2.83. The number of morpholine rings is 1. The fourth-order valence-corrected chi connectivity index (χ4v) is 2.60. The summed E-state index contributed by atoms with van der Waals surface area (Å²) < 4.78 is 5.71. The number of carbonyl (C=O) groups is 1. The lowest BCUT2D eigenvalue weighted by Crippen LogP contribution is -2.47. The zero-order chi connectivity index (χ0) is 12.5. The van der Waals surface area contributed by atoms with Gasteiger partial charge in [-0.25, -0.2) is 4.79 Å². The minimum Gasteiger partial charge on any atom is -0.399 e. The molecule has 2 saturated heterocycles. The summed E-state index contributed by atoms with van der Waals surface area (Å²) in [6, 6.07) is 7.15. The molecule has 3 N–H and O–H groups in total. The second-order valence-electron chi connectivity index (χ2n) is 4.92. The van der Waals surface area contributed by atoms with Gasteiger partial charge in [-0.15, -0.1) is 0 Å². The Labute approximate surface area is 106 Å². The molecule has 18 heavy (non-hydrogen) atoms. The maximum absolute atomic E-state index is 12.1. The summed E-state index contributed by atoms with van der Waals surface area (Å²) in [7, 11) is 0. The topological polar surface area (TPSA) is 67.6 Å². The molecule has 2 amide bonds. The molecule has 2 fully saturated rings. The summed E-state index contributed by atoms with van der Waals surface area (Å²) in [5, 5.41) is 2.87. The third-order valence-electron chi connectivity index (χ3n) is 3.47. The molecule has 0 aromatic heterocycles. The number of nitrogens with one attached hydrogen (secondary N) is 1. The second kappa shape index (κ2) is 4.49. The van der Waals surface area contributed by atoms with E-state index in [1.54, 1.807) is 12.1 Å². The van der Waals surface area contributed by atoms with Crippen LogP contribution in [0.4, 0.5) is 16.2 Å². The third kappa shape index (κ3) is 2.26. The van der Waals surface area contributed by atoms with Crippen LogP contribution < -0.4 is 11.1 Å². The van der Waals surface area contributed by atoms with E-state index in [0.29, 0.717) is 18.8 Å². The summed E-state index contributed by atoms with van der Waals surface area (Å²) in [5.74, 6) is 0. The molecular weight excluding hydrogens is 230 g/mol. The van der Waals surface area contributed by atoms with Crippen LogP contribution in [0.3, 0.4) is 0 Å². The summed E-state index contributed by atoms with van der Waals surface area (Å²) in [4.78, 5) is 13.9. The smallest absolute Gasteiger partial charge is 0.322 e. The molecule has 0 aliphatic carbocycles. The SMILES string of the molecule is Nc1cccc(NC(=O)N2CC3CCC(C2)O3)c1. The Morgan fingerprint density at radius 2 is 2.06 bits per heavy atom. The number of carbonyl (C=O) groups excluding carboxylic acids is 1. The number of urea groups is 1. The molecular formula is C13H17N3O2. The largest absolute Gasteiger partial charge is 0.399 e. The van der Waals surface area contributed by atoms with Crippen molar-refractivity contribution in [3.8, 4) is 0 Å². The highest BCUT2D eigenvalue weighted by Crippen LogP contribution is 2.26. The number of amides is 2. The van der Waals surface area contributed by atoms with Crippen LogP contribution in [0.25, 0.3) is 0 Å². The first-order valence-corrected chi connectivity index (χ1v) is 6.27. The van der Waals surface area contributed by atoms with Crippen LogP contribution in [0.1, 0.15) is 12.8 Å². The van der Waals surface area contributed by atoms with Gasteiger partial charge in [0.15, 0.2) is 0 Å². The van der Waals surface area contributed by atoms with Crippen molar-refractivity contribution >= 4 is 17.4 Å². The Bertz CT molecular complexity index is 451. The molecule has 3 rings (SSSR count). The van der Waals surface area contributed by atoms with Gasteiger partial charge in [-0.1, -0.05) is 6.07 Å². The predicted octanol–water partition coefficient (Wildman–Crippen LogP) is 1.66. The number of fused-ring (bicyclic) bond motifs is 2. The first-order chi connectivity index (χ1) is 8.70. The molecule has 0 spiro atoms. The first-order valence-electron chi connectivity index (χ1n) is 6.27. The molecule has 2 aliphatic rings. The minimum absolute atomic E-state index is 0.0687. The van der Waals surface area contributed by atoms with Gasteiger partial charge in [0.05, 0.1) is 12.2 Å². The third-order valence-corrected chi connectivity index (χ3v) is 3.47. The van der Waals surface area contributed by atoms with Crippen molar-refractivity contribution in [3.05, 3.63) is 24.3 Å². The lowest BCUT2D eigenvalue weighted by atomic mass is 10.2. The monoisotopic (exact) mass is 247 g/mol. The number of likely N-dealkylation sites (tertiary alicyclic amines) is 1. The first kappa shape index (κ1) is 11.3. The van der Waals surface area contributed by atoms with Gasteiger partial charge in [-0.2, -0.15) is 0 Å². The van der Waals surface area contributed by atoms with Gasteiger partial charge in [0.1, 0.15) is 0 Å². The highest BCUT2D eigenvalue weighted by Gasteiger charge is 2.35. The van der Waals surface area contributed by atoms with Crippen LogP contribution in [0.15, 0.2) is 24.3 Å². The number of hydrogen-bond acceptors (Lipinski definition) is 3. The van der Waals surface area contributed by atoms with Crippen LogP contribution >= 0.6 is 0 Å². The van der Waals surface area contributed by atoms with Gasteiger partial charge in [0, 0.05) is 24.5 Å². The van der Waals surface area contributed by atoms with Crippen molar-refractivity contribution in [1.29, 1.82) is 0 Å². The second-order valence-corrected chi connectivity index (χ2v) is 4.92. The van der Waals surface area contributed by atoms with Gasteiger partial charge < -0.3 is 20.7 Å². The van der Waals surface area contributed by atoms with Crippen LogP contribution in [-0.2, 0) is 4.74 Å². The lowest BCUT2D eigenvalue weighted by molar-refractivity contribution is -0.0219. The van der Waals surface area contributed by atoms with Gasteiger partial charge >= 0.3 is 6.03 Å². The zero-order valence-corrected chi connectivity index (χ0v) is 10.1. The number of rotatable bonds is 1. The van der Waals surface area contributed by atoms with Crippen molar-refractivity contribution in [2.75, 3.05) is 24.1 Å². The van der Waals surface area contributed by atoms with Crippen LogP contribution in [0, 0.1) is 0 Å². The maximum atomic E-state index is 12.1. The minimum atomic E-state index is -0.0687. The summed E-state index contributed by atoms with van der Waals surface area (Å²) in [6.07, 6.45) is 2.56. The average Bonchev–Trinajstić information content (AvgIpc) is 2.68. The molecule has 96 valence electrons. The fourth-order valence-electron chi connectivity index (χ4n) is 2.60. The van der Waals surface area contributed by atoms with Gasteiger partial charge in [-0.05, 0) is 31.0 Å². The number of anilines is 2. The average molecular weight is 247 g/mol. The number of ether oxygens (including phenoxy) is 1. The zero-order valence-electron chi connectivity index (χ0n) is 10.1. The van der Waals surface area contributed by atoms with E-state index in [9.17, 15) is 4.79 Å².